The van der Waals surface area contributed by atoms with Crippen molar-refractivity contribution in [1.29, 1.82) is 0 Å². The van der Waals surface area contributed by atoms with E-state index in [1.807, 2.05) is 0 Å². The predicted octanol–water partition coefficient (Wildman–Crippen LogP) is 1.51. The molecular formula is C7H10FO2P. The summed E-state index contributed by atoms with van der Waals surface area (Å²) in [6.07, 6.45) is 4.75. The van der Waals surface area contributed by atoms with Crippen molar-refractivity contribution < 1.29 is 13.5 Å². The van der Waals surface area contributed by atoms with E-state index in [-0.39, 0.29) is 12.1 Å². The van der Waals surface area contributed by atoms with Gasteiger partial charge >= 0.3 is 0 Å². The molecule has 1 aliphatic rings. The summed E-state index contributed by atoms with van der Waals surface area (Å²) in [6, 6.07) is 0. The van der Waals surface area contributed by atoms with E-state index in [0.29, 0.717) is 0 Å². The SMILES string of the molecule is C#CC1OP(C)(=O)CC1CF. The zero-order chi connectivity index (χ0) is 8.48. The Morgan fingerprint density at radius 3 is 2.91 bits per heavy atom. The fourth-order valence-electron chi connectivity index (χ4n) is 1.19. The lowest BCUT2D eigenvalue weighted by molar-refractivity contribution is 0.219. The largest absolute Gasteiger partial charge is 0.312 e. The Bertz CT molecular complexity index is 233. The minimum atomic E-state index is -2.57. The van der Waals surface area contributed by atoms with E-state index < -0.39 is 20.1 Å². The van der Waals surface area contributed by atoms with Gasteiger partial charge in [0.1, 0.15) is 6.10 Å². The van der Waals surface area contributed by atoms with Crippen LogP contribution in [0, 0.1) is 18.3 Å². The van der Waals surface area contributed by atoms with E-state index in [1.165, 1.54) is 6.66 Å². The highest BCUT2D eigenvalue weighted by Crippen LogP contribution is 2.52. The number of halogens is 1. The first kappa shape index (κ1) is 8.77. The van der Waals surface area contributed by atoms with Crippen LogP contribution < -0.4 is 0 Å². The molecule has 62 valence electrons. The Labute approximate surface area is 65.6 Å². The van der Waals surface area contributed by atoms with Crippen LogP contribution in [-0.2, 0) is 9.09 Å². The summed E-state index contributed by atoms with van der Waals surface area (Å²) in [4.78, 5) is 0. The molecule has 3 unspecified atom stereocenters. The average Bonchev–Trinajstić information content (AvgIpc) is 2.25. The van der Waals surface area contributed by atoms with Gasteiger partial charge < -0.3 is 4.52 Å². The van der Waals surface area contributed by atoms with Gasteiger partial charge in [0.25, 0.3) is 0 Å². The topological polar surface area (TPSA) is 26.3 Å². The summed E-state index contributed by atoms with van der Waals surface area (Å²) in [5, 5.41) is 0. The number of rotatable bonds is 1. The lowest BCUT2D eigenvalue weighted by Crippen LogP contribution is -2.16. The molecule has 0 amide bonds. The van der Waals surface area contributed by atoms with Crippen molar-refractivity contribution in [3.63, 3.8) is 0 Å². The summed E-state index contributed by atoms with van der Waals surface area (Å²) in [7, 11) is -2.57. The quantitative estimate of drug-likeness (QED) is 0.447. The Morgan fingerprint density at radius 2 is 2.55 bits per heavy atom. The summed E-state index contributed by atoms with van der Waals surface area (Å²) in [5.41, 5.74) is 0. The molecular weight excluding hydrogens is 166 g/mol. The fourth-order valence-corrected chi connectivity index (χ4v) is 3.13. The first-order valence-electron chi connectivity index (χ1n) is 3.36. The molecule has 0 aromatic rings. The van der Waals surface area contributed by atoms with Crippen LogP contribution in [0.25, 0.3) is 0 Å². The maximum atomic E-state index is 12.2. The van der Waals surface area contributed by atoms with Gasteiger partial charge in [0, 0.05) is 18.7 Å². The van der Waals surface area contributed by atoms with Crippen molar-refractivity contribution in [2.45, 2.75) is 6.10 Å². The van der Waals surface area contributed by atoms with Crippen LogP contribution in [0.1, 0.15) is 0 Å². The second-order valence-electron chi connectivity index (χ2n) is 2.80. The van der Waals surface area contributed by atoms with Crippen LogP contribution in [0.5, 0.6) is 0 Å². The highest BCUT2D eigenvalue weighted by Gasteiger charge is 2.38. The average molecular weight is 176 g/mol. The molecule has 0 N–H and O–H groups in total. The normalized spacial score (nSPS) is 43.7. The second-order valence-corrected chi connectivity index (χ2v) is 5.41. The lowest BCUT2D eigenvalue weighted by Gasteiger charge is -2.05. The molecule has 2 nitrogen and oxygen atoms in total. The van der Waals surface area contributed by atoms with Crippen molar-refractivity contribution in [1.82, 2.24) is 0 Å². The summed E-state index contributed by atoms with van der Waals surface area (Å²) in [5.74, 6) is 1.92. The smallest absolute Gasteiger partial charge is 0.201 e. The fraction of sp³-hybridized carbons (Fsp3) is 0.714. The van der Waals surface area contributed by atoms with E-state index in [4.69, 9.17) is 10.9 Å². The molecule has 3 atom stereocenters. The van der Waals surface area contributed by atoms with Gasteiger partial charge in [-0.25, -0.2) is 0 Å². The van der Waals surface area contributed by atoms with Gasteiger partial charge in [-0.3, -0.25) is 8.96 Å². The Kier molecular flexibility index (Phi) is 2.37. The van der Waals surface area contributed by atoms with Crippen LogP contribution in [0.4, 0.5) is 4.39 Å². The molecule has 11 heavy (non-hydrogen) atoms. The van der Waals surface area contributed by atoms with Crippen molar-refractivity contribution in [3.05, 3.63) is 0 Å². The summed E-state index contributed by atoms with van der Waals surface area (Å²) in [6.45, 7) is 0.944. The molecule has 1 fully saturated rings. The molecule has 1 rings (SSSR count). The molecule has 1 heterocycles. The highest BCUT2D eigenvalue weighted by atomic mass is 31.2. The lowest BCUT2D eigenvalue weighted by atomic mass is 10.1. The van der Waals surface area contributed by atoms with E-state index in [1.54, 1.807) is 0 Å². The Hall–Kier alpha value is -0.320. The maximum Gasteiger partial charge on any atom is 0.201 e. The molecule has 0 aliphatic carbocycles. The molecule has 0 bridgehead atoms. The van der Waals surface area contributed by atoms with Crippen molar-refractivity contribution in [2.75, 3.05) is 19.5 Å². The zero-order valence-electron chi connectivity index (χ0n) is 6.29. The molecule has 4 heteroatoms. The van der Waals surface area contributed by atoms with Gasteiger partial charge in [-0.15, -0.1) is 6.42 Å². The van der Waals surface area contributed by atoms with Crippen LogP contribution in [-0.4, -0.2) is 25.6 Å². The van der Waals surface area contributed by atoms with Crippen LogP contribution in [0.2, 0.25) is 0 Å². The van der Waals surface area contributed by atoms with Crippen molar-refractivity contribution in [3.8, 4) is 12.3 Å². The Balaban J connectivity index is 2.72. The Morgan fingerprint density at radius 1 is 1.91 bits per heavy atom. The van der Waals surface area contributed by atoms with Gasteiger partial charge in [-0.05, 0) is 0 Å². The molecule has 1 saturated heterocycles. The molecule has 0 aromatic carbocycles. The van der Waals surface area contributed by atoms with Gasteiger partial charge in [-0.2, -0.15) is 0 Å². The maximum absolute atomic E-state index is 12.2. The number of hydrogen-bond acceptors (Lipinski definition) is 2. The third-order valence-corrected chi connectivity index (χ3v) is 3.50. The molecule has 0 aromatic heterocycles. The third kappa shape index (κ3) is 1.83. The minimum absolute atomic E-state index is 0.276. The van der Waals surface area contributed by atoms with E-state index in [2.05, 4.69) is 5.92 Å². The number of hydrogen-bond donors (Lipinski definition) is 0. The third-order valence-electron chi connectivity index (χ3n) is 1.69. The monoisotopic (exact) mass is 176 g/mol. The standard InChI is InChI=1S/C7H10FO2P/c1-3-7-6(4-8)5-11(2,9)10-7/h1,6-7H,4-5H2,2H3. The van der Waals surface area contributed by atoms with Crippen LogP contribution in [0.3, 0.4) is 0 Å². The zero-order valence-corrected chi connectivity index (χ0v) is 7.18. The first-order chi connectivity index (χ1) is 5.09. The van der Waals surface area contributed by atoms with E-state index >= 15 is 0 Å². The van der Waals surface area contributed by atoms with Gasteiger partial charge in [0.15, 0.2) is 0 Å². The number of alkyl halides is 1. The minimum Gasteiger partial charge on any atom is -0.312 e. The first-order valence-corrected chi connectivity index (χ1v) is 5.62. The summed E-state index contributed by atoms with van der Waals surface area (Å²) < 4.78 is 28.4. The molecule has 0 spiro atoms. The van der Waals surface area contributed by atoms with Crippen molar-refractivity contribution in [2.24, 2.45) is 5.92 Å². The van der Waals surface area contributed by atoms with E-state index in [9.17, 15) is 8.96 Å². The molecule has 0 saturated carbocycles. The second kappa shape index (κ2) is 2.97. The van der Waals surface area contributed by atoms with Gasteiger partial charge in [0.05, 0.1) is 6.67 Å². The predicted molar refractivity (Wildman–Crippen MR) is 41.6 cm³/mol. The highest BCUT2D eigenvalue weighted by molar-refractivity contribution is 7.58. The van der Waals surface area contributed by atoms with Crippen LogP contribution in [0.15, 0.2) is 0 Å². The summed E-state index contributed by atoms with van der Waals surface area (Å²) >= 11 is 0. The van der Waals surface area contributed by atoms with Crippen molar-refractivity contribution >= 4 is 7.37 Å². The molecule has 1 aliphatic heterocycles. The van der Waals surface area contributed by atoms with Gasteiger partial charge in [-0.1, -0.05) is 5.92 Å². The van der Waals surface area contributed by atoms with Crippen LogP contribution >= 0.6 is 7.37 Å². The van der Waals surface area contributed by atoms with E-state index in [0.717, 1.165) is 0 Å². The van der Waals surface area contributed by atoms with Gasteiger partial charge in [0.2, 0.25) is 7.37 Å². The molecule has 0 radical (unpaired) electrons. The number of terminal acetylenes is 1.